The molecular formula is C16H20ClNOS. The van der Waals surface area contributed by atoms with Gasteiger partial charge in [-0.25, -0.2) is 0 Å². The Bertz CT molecular complexity index is 577. The Morgan fingerprint density at radius 1 is 1.25 bits per heavy atom. The summed E-state index contributed by atoms with van der Waals surface area (Å²) in [5.74, 6) is 1.80. The largest absolute Gasteiger partial charge is 0.459 e. The molecule has 0 aliphatic heterocycles. The summed E-state index contributed by atoms with van der Waals surface area (Å²) >= 11 is 8.00. The fourth-order valence-corrected chi connectivity index (χ4v) is 4.26. The van der Waals surface area contributed by atoms with Crippen LogP contribution in [0.1, 0.15) is 43.9 Å². The molecule has 1 aliphatic carbocycles. The smallest absolute Gasteiger partial charge is 0.134 e. The number of thioether (sulfide) groups is 1. The summed E-state index contributed by atoms with van der Waals surface area (Å²) in [4.78, 5) is 0. The Hall–Kier alpha value is -0.640. The van der Waals surface area contributed by atoms with Gasteiger partial charge >= 0.3 is 0 Å². The van der Waals surface area contributed by atoms with Crippen molar-refractivity contribution in [1.29, 1.82) is 0 Å². The van der Waals surface area contributed by atoms with Gasteiger partial charge in [0.05, 0.1) is 6.04 Å². The lowest BCUT2D eigenvalue weighted by molar-refractivity contribution is 0.507. The molecule has 1 heterocycles. The summed E-state index contributed by atoms with van der Waals surface area (Å²) in [7, 11) is 0. The fourth-order valence-electron chi connectivity index (χ4n) is 2.77. The second kappa shape index (κ2) is 6.42. The second-order valence-corrected chi connectivity index (χ2v) is 7.30. The van der Waals surface area contributed by atoms with E-state index in [9.17, 15) is 0 Å². The Morgan fingerprint density at radius 3 is 2.85 bits per heavy atom. The van der Waals surface area contributed by atoms with Crippen molar-refractivity contribution in [2.45, 2.75) is 43.4 Å². The molecule has 20 heavy (non-hydrogen) atoms. The highest BCUT2D eigenvalue weighted by molar-refractivity contribution is 7.99. The topological polar surface area (TPSA) is 39.2 Å². The molecular weight excluding hydrogens is 290 g/mol. The van der Waals surface area contributed by atoms with Gasteiger partial charge in [-0.2, -0.15) is 11.8 Å². The quantitative estimate of drug-likeness (QED) is 0.848. The Kier molecular flexibility index (Phi) is 4.59. The van der Waals surface area contributed by atoms with Crippen molar-refractivity contribution in [3.63, 3.8) is 0 Å². The lowest BCUT2D eigenvalue weighted by Crippen LogP contribution is -2.16. The predicted molar refractivity (Wildman–Crippen MR) is 87.5 cm³/mol. The van der Waals surface area contributed by atoms with Gasteiger partial charge in [0.15, 0.2) is 0 Å². The zero-order chi connectivity index (χ0) is 13.9. The van der Waals surface area contributed by atoms with Crippen LogP contribution in [-0.2, 0) is 0 Å². The van der Waals surface area contributed by atoms with E-state index in [1.54, 1.807) is 0 Å². The third-order valence-electron chi connectivity index (χ3n) is 3.93. The zero-order valence-electron chi connectivity index (χ0n) is 11.5. The van der Waals surface area contributed by atoms with E-state index in [0.717, 1.165) is 32.8 Å². The van der Waals surface area contributed by atoms with Crippen LogP contribution in [-0.4, -0.2) is 11.0 Å². The van der Waals surface area contributed by atoms with Gasteiger partial charge in [0, 0.05) is 21.4 Å². The summed E-state index contributed by atoms with van der Waals surface area (Å²) in [6, 6.07) is 7.66. The SMILES string of the molecule is NC(CSC1CCCCC1)c1cc2cc(Cl)ccc2o1. The van der Waals surface area contributed by atoms with E-state index in [4.69, 9.17) is 21.8 Å². The number of fused-ring (bicyclic) bond motifs is 1. The number of hydrogen-bond acceptors (Lipinski definition) is 3. The van der Waals surface area contributed by atoms with Crippen LogP contribution in [0.4, 0.5) is 0 Å². The van der Waals surface area contributed by atoms with Crippen LogP contribution < -0.4 is 5.73 Å². The van der Waals surface area contributed by atoms with E-state index in [0.29, 0.717) is 0 Å². The lowest BCUT2D eigenvalue weighted by atomic mass is 10.0. The van der Waals surface area contributed by atoms with Gasteiger partial charge in [-0.1, -0.05) is 30.9 Å². The first kappa shape index (κ1) is 14.3. The monoisotopic (exact) mass is 309 g/mol. The van der Waals surface area contributed by atoms with E-state index in [1.807, 2.05) is 36.0 Å². The highest BCUT2D eigenvalue weighted by Crippen LogP contribution is 2.32. The number of rotatable bonds is 4. The predicted octanol–water partition coefficient (Wildman–Crippen LogP) is 5.15. The van der Waals surface area contributed by atoms with Crippen LogP contribution in [0.3, 0.4) is 0 Å². The zero-order valence-corrected chi connectivity index (χ0v) is 13.1. The first-order chi connectivity index (χ1) is 9.72. The van der Waals surface area contributed by atoms with Crippen LogP contribution in [0.15, 0.2) is 28.7 Å². The number of nitrogens with two attached hydrogens (primary N) is 1. The van der Waals surface area contributed by atoms with Gasteiger partial charge in [-0.3, -0.25) is 0 Å². The minimum Gasteiger partial charge on any atom is -0.459 e. The first-order valence-electron chi connectivity index (χ1n) is 7.28. The van der Waals surface area contributed by atoms with Crippen LogP contribution in [0, 0.1) is 0 Å². The van der Waals surface area contributed by atoms with E-state index in [2.05, 4.69) is 0 Å². The van der Waals surface area contributed by atoms with Crippen LogP contribution >= 0.6 is 23.4 Å². The summed E-state index contributed by atoms with van der Waals surface area (Å²) < 4.78 is 5.83. The molecule has 108 valence electrons. The summed E-state index contributed by atoms with van der Waals surface area (Å²) in [5, 5.41) is 2.55. The Labute approximate surface area is 129 Å². The molecule has 1 atom stereocenters. The van der Waals surface area contributed by atoms with E-state index in [1.165, 1.54) is 32.1 Å². The van der Waals surface area contributed by atoms with Gasteiger partial charge in [0.25, 0.3) is 0 Å². The number of furan rings is 1. The molecule has 0 amide bonds. The molecule has 3 rings (SSSR count). The second-order valence-electron chi connectivity index (χ2n) is 5.53. The standard InChI is InChI=1S/C16H20ClNOS/c17-12-6-7-15-11(8-12)9-16(19-15)14(18)10-20-13-4-2-1-3-5-13/h6-9,13-14H,1-5,10,18H2. The summed E-state index contributed by atoms with van der Waals surface area (Å²) in [6.07, 6.45) is 6.82. The molecule has 0 bridgehead atoms. The third kappa shape index (κ3) is 3.33. The lowest BCUT2D eigenvalue weighted by Gasteiger charge is -2.22. The normalized spacial score (nSPS) is 18.5. The van der Waals surface area contributed by atoms with Crippen molar-refractivity contribution in [3.05, 3.63) is 35.0 Å². The van der Waals surface area contributed by atoms with Crippen molar-refractivity contribution < 1.29 is 4.42 Å². The van der Waals surface area contributed by atoms with Crippen molar-refractivity contribution >= 4 is 34.3 Å². The van der Waals surface area contributed by atoms with Gasteiger partial charge in [-0.05, 0) is 37.1 Å². The highest BCUT2D eigenvalue weighted by atomic mass is 35.5. The fraction of sp³-hybridized carbons (Fsp3) is 0.500. The van der Waals surface area contributed by atoms with Gasteiger partial charge in [0.2, 0.25) is 0 Å². The van der Waals surface area contributed by atoms with Crippen molar-refractivity contribution in [2.75, 3.05) is 5.75 Å². The van der Waals surface area contributed by atoms with Gasteiger partial charge in [0.1, 0.15) is 11.3 Å². The summed E-state index contributed by atoms with van der Waals surface area (Å²) in [5.41, 5.74) is 7.13. The molecule has 1 aliphatic rings. The number of halogens is 1. The van der Waals surface area contributed by atoms with Crippen LogP contribution in [0.25, 0.3) is 11.0 Å². The van der Waals surface area contributed by atoms with Crippen LogP contribution in [0.5, 0.6) is 0 Å². The van der Waals surface area contributed by atoms with Gasteiger partial charge in [-0.15, -0.1) is 0 Å². The van der Waals surface area contributed by atoms with E-state index < -0.39 is 0 Å². The third-order valence-corrected chi connectivity index (χ3v) is 5.66. The Balaban J connectivity index is 1.64. The average Bonchev–Trinajstić information content (AvgIpc) is 2.89. The van der Waals surface area contributed by atoms with E-state index >= 15 is 0 Å². The molecule has 2 aromatic rings. The molecule has 2 N–H and O–H groups in total. The molecule has 2 nitrogen and oxygen atoms in total. The van der Waals surface area contributed by atoms with E-state index in [-0.39, 0.29) is 6.04 Å². The van der Waals surface area contributed by atoms with Crippen molar-refractivity contribution in [2.24, 2.45) is 5.73 Å². The van der Waals surface area contributed by atoms with Crippen molar-refractivity contribution in [1.82, 2.24) is 0 Å². The molecule has 1 saturated carbocycles. The molecule has 1 aromatic heterocycles. The molecule has 1 fully saturated rings. The number of benzene rings is 1. The molecule has 0 saturated heterocycles. The molecule has 4 heteroatoms. The number of hydrogen-bond donors (Lipinski definition) is 1. The van der Waals surface area contributed by atoms with Crippen molar-refractivity contribution in [3.8, 4) is 0 Å². The molecule has 0 radical (unpaired) electrons. The van der Waals surface area contributed by atoms with Gasteiger partial charge < -0.3 is 10.2 Å². The Morgan fingerprint density at radius 2 is 2.05 bits per heavy atom. The minimum atomic E-state index is -0.0342. The maximum absolute atomic E-state index is 6.27. The average molecular weight is 310 g/mol. The molecule has 1 aromatic carbocycles. The maximum Gasteiger partial charge on any atom is 0.134 e. The maximum atomic E-state index is 6.27. The summed E-state index contributed by atoms with van der Waals surface area (Å²) in [6.45, 7) is 0. The minimum absolute atomic E-state index is 0.0342. The van der Waals surface area contributed by atoms with Crippen LogP contribution in [0.2, 0.25) is 5.02 Å². The molecule has 0 spiro atoms. The highest BCUT2D eigenvalue weighted by Gasteiger charge is 2.18. The molecule has 1 unspecified atom stereocenters. The first-order valence-corrected chi connectivity index (χ1v) is 8.71.